The Balaban J connectivity index is 1.68. The number of aromatic amines is 1. The Morgan fingerprint density at radius 3 is 2.57 bits per heavy atom. The number of benzene rings is 2. The van der Waals surface area contributed by atoms with Crippen molar-refractivity contribution in [3.63, 3.8) is 0 Å². The summed E-state index contributed by atoms with van der Waals surface area (Å²) in [7, 11) is -0.933. The fourth-order valence-electron chi connectivity index (χ4n) is 3.38. The molecule has 0 aliphatic carbocycles. The minimum absolute atomic E-state index is 0.122. The second-order valence-electron chi connectivity index (χ2n) is 7.60. The lowest BCUT2D eigenvalue weighted by Gasteiger charge is -2.16. The number of H-pyrrole nitrogens is 1. The van der Waals surface area contributed by atoms with Gasteiger partial charge in [0.1, 0.15) is 22.6 Å². The van der Waals surface area contributed by atoms with Gasteiger partial charge in [-0.15, -0.1) is 11.3 Å². The fourth-order valence-corrected chi connectivity index (χ4v) is 4.74. The first-order valence-corrected chi connectivity index (χ1v) is 13.0. The highest BCUT2D eigenvalue weighted by Gasteiger charge is 2.17. The number of aromatic nitrogens is 2. The number of thiazole rings is 1. The van der Waals surface area contributed by atoms with Crippen LogP contribution in [0.2, 0.25) is 0 Å². The maximum Gasteiger partial charge on any atom is 0.240 e. The monoisotopic (exact) mass is 517 g/mol. The Labute approximate surface area is 206 Å². The molecular weight excluding hydrogens is 493 g/mol. The molecule has 0 saturated heterocycles. The number of sulfonamides is 1. The lowest BCUT2D eigenvalue weighted by Crippen LogP contribution is -2.18. The van der Waals surface area contributed by atoms with Gasteiger partial charge in [0.2, 0.25) is 10.0 Å². The van der Waals surface area contributed by atoms with Gasteiger partial charge in [-0.1, -0.05) is 0 Å². The number of ether oxygens (including phenoxy) is 3. The number of nitrogens with zero attached hydrogens (tertiary/aromatic N) is 1. The molecule has 184 valence electrons. The minimum Gasteiger partial charge on any atom is -0.488 e. The van der Waals surface area contributed by atoms with E-state index in [1.807, 2.05) is 30.5 Å². The molecule has 11 heteroatoms. The highest BCUT2D eigenvalue weighted by Crippen LogP contribution is 2.35. The standard InChI is InChI=1S/C24H24FN3O5S2/c1-15(14-31-3)32-17-10-16(21-5-6-22(28-21)24-27-8-9-34-24)11-18(12-17)33-23-7-4-19(13-20(23)25)35(29,30)26-2/h4-13,15,26,28H,14H2,1-3H3/t15-/m0/s1. The average molecular weight is 518 g/mol. The van der Waals surface area contributed by atoms with Crippen molar-refractivity contribution in [3.8, 4) is 39.2 Å². The van der Waals surface area contributed by atoms with E-state index in [0.29, 0.717) is 18.1 Å². The smallest absolute Gasteiger partial charge is 0.240 e. The number of nitrogens with one attached hydrogen (secondary N) is 2. The van der Waals surface area contributed by atoms with Gasteiger partial charge in [0, 0.05) is 36.0 Å². The summed E-state index contributed by atoms with van der Waals surface area (Å²) in [6, 6.07) is 12.5. The summed E-state index contributed by atoms with van der Waals surface area (Å²) in [5.74, 6) is -0.117. The van der Waals surface area contributed by atoms with Crippen LogP contribution in [-0.4, -0.2) is 45.3 Å². The predicted molar refractivity (Wildman–Crippen MR) is 132 cm³/mol. The van der Waals surface area contributed by atoms with Gasteiger partial charge in [-0.05, 0) is 56.4 Å². The number of halogens is 1. The molecule has 4 rings (SSSR count). The van der Waals surface area contributed by atoms with Crippen LogP contribution in [0.3, 0.4) is 0 Å². The van der Waals surface area contributed by atoms with Crippen molar-refractivity contribution in [1.82, 2.24) is 14.7 Å². The summed E-state index contributed by atoms with van der Waals surface area (Å²) in [6.07, 6.45) is 1.50. The van der Waals surface area contributed by atoms with Gasteiger partial charge in [-0.25, -0.2) is 22.5 Å². The molecule has 4 aromatic rings. The van der Waals surface area contributed by atoms with E-state index in [2.05, 4.69) is 14.7 Å². The second-order valence-corrected chi connectivity index (χ2v) is 10.4. The van der Waals surface area contributed by atoms with Crippen LogP contribution in [0.25, 0.3) is 22.0 Å². The average Bonchev–Trinajstić information content (AvgIpc) is 3.52. The van der Waals surface area contributed by atoms with Crippen LogP contribution in [0.1, 0.15) is 6.92 Å². The van der Waals surface area contributed by atoms with E-state index in [9.17, 15) is 12.8 Å². The van der Waals surface area contributed by atoms with Crippen molar-refractivity contribution in [2.45, 2.75) is 17.9 Å². The largest absolute Gasteiger partial charge is 0.488 e. The van der Waals surface area contributed by atoms with Crippen molar-refractivity contribution >= 4 is 21.4 Å². The van der Waals surface area contributed by atoms with Crippen LogP contribution < -0.4 is 14.2 Å². The third kappa shape index (κ3) is 5.88. The van der Waals surface area contributed by atoms with Crippen molar-refractivity contribution in [1.29, 1.82) is 0 Å². The van der Waals surface area contributed by atoms with Crippen LogP contribution >= 0.6 is 11.3 Å². The molecule has 0 amide bonds. The van der Waals surface area contributed by atoms with Gasteiger partial charge in [-0.3, -0.25) is 0 Å². The third-order valence-corrected chi connectivity index (χ3v) is 7.21. The summed E-state index contributed by atoms with van der Waals surface area (Å²) < 4.78 is 57.7. The maximum atomic E-state index is 14.7. The molecule has 0 unspecified atom stereocenters. The van der Waals surface area contributed by atoms with E-state index < -0.39 is 15.8 Å². The molecule has 0 aliphatic rings. The highest BCUT2D eigenvalue weighted by atomic mass is 32.2. The molecule has 2 heterocycles. The third-order valence-electron chi connectivity index (χ3n) is 4.99. The molecule has 0 fully saturated rings. The van der Waals surface area contributed by atoms with E-state index >= 15 is 0 Å². The van der Waals surface area contributed by atoms with Crippen LogP contribution in [0.15, 0.2) is 65.0 Å². The molecule has 35 heavy (non-hydrogen) atoms. The number of rotatable bonds is 10. The van der Waals surface area contributed by atoms with E-state index in [-0.39, 0.29) is 16.7 Å². The lowest BCUT2D eigenvalue weighted by atomic mass is 10.1. The van der Waals surface area contributed by atoms with Crippen LogP contribution in [0.4, 0.5) is 4.39 Å². The van der Waals surface area contributed by atoms with Gasteiger partial charge < -0.3 is 19.2 Å². The highest BCUT2D eigenvalue weighted by molar-refractivity contribution is 7.89. The van der Waals surface area contributed by atoms with Gasteiger partial charge in [-0.2, -0.15) is 0 Å². The van der Waals surface area contributed by atoms with Gasteiger partial charge in [0.05, 0.1) is 17.2 Å². The lowest BCUT2D eigenvalue weighted by molar-refractivity contribution is 0.0920. The maximum absolute atomic E-state index is 14.7. The molecule has 0 spiro atoms. The van der Waals surface area contributed by atoms with Crippen LogP contribution in [0, 0.1) is 5.82 Å². The number of methoxy groups -OCH3 is 1. The number of hydrogen-bond donors (Lipinski definition) is 2. The van der Waals surface area contributed by atoms with E-state index in [4.69, 9.17) is 14.2 Å². The van der Waals surface area contributed by atoms with Crippen molar-refractivity contribution in [2.75, 3.05) is 20.8 Å². The summed E-state index contributed by atoms with van der Waals surface area (Å²) >= 11 is 1.52. The van der Waals surface area contributed by atoms with Crippen LogP contribution in [0.5, 0.6) is 17.2 Å². The predicted octanol–water partition coefficient (Wildman–Crippen LogP) is 5.06. The minimum atomic E-state index is -3.78. The summed E-state index contributed by atoms with van der Waals surface area (Å²) in [6.45, 7) is 2.25. The molecule has 8 nitrogen and oxygen atoms in total. The van der Waals surface area contributed by atoms with Crippen molar-refractivity contribution < 1.29 is 27.0 Å². The molecule has 0 bridgehead atoms. The van der Waals surface area contributed by atoms with E-state index in [1.165, 1.54) is 30.5 Å². The second kappa shape index (κ2) is 10.6. The number of hydrogen-bond acceptors (Lipinski definition) is 7. The van der Waals surface area contributed by atoms with E-state index in [1.54, 1.807) is 25.4 Å². The molecular formula is C24H24FN3O5S2. The van der Waals surface area contributed by atoms with Gasteiger partial charge >= 0.3 is 0 Å². The van der Waals surface area contributed by atoms with Gasteiger partial charge in [0.25, 0.3) is 0 Å². The van der Waals surface area contributed by atoms with Crippen LogP contribution in [-0.2, 0) is 14.8 Å². The molecule has 2 N–H and O–H groups in total. The first-order chi connectivity index (χ1) is 16.8. The zero-order chi connectivity index (χ0) is 25.0. The van der Waals surface area contributed by atoms with E-state index in [0.717, 1.165) is 28.0 Å². The molecule has 0 radical (unpaired) electrons. The first kappa shape index (κ1) is 24.9. The molecule has 2 aromatic heterocycles. The Hall–Kier alpha value is -3.25. The van der Waals surface area contributed by atoms with Gasteiger partial charge in [0.15, 0.2) is 11.6 Å². The fraction of sp³-hybridized carbons (Fsp3) is 0.208. The Bertz CT molecular complexity index is 1400. The zero-order valence-corrected chi connectivity index (χ0v) is 20.9. The Morgan fingerprint density at radius 2 is 1.89 bits per heavy atom. The first-order valence-electron chi connectivity index (χ1n) is 10.6. The molecule has 2 aromatic carbocycles. The van der Waals surface area contributed by atoms with Crippen molar-refractivity contribution in [2.24, 2.45) is 0 Å². The van der Waals surface area contributed by atoms with Crippen molar-refractivity contribution in [3.05, 3.63) is 65.9 Å². The SMILES string of the molecule is CNS(=O)(=O)c1ccc(Oc2cc(O[C@@H](C)COC)cc(-c3ccc(-c4nccs4)[nH]3)c2)c(F)c1. The topological polar surface area (TPSA) is 103 Å². The molecule has 0 saturated carbocycles. The Morgan fingerprint density at radius 1 is 1.11 bits per heavy atom. The molecule has 0 aliphatic heterocycles. The normalized spacial score (nSPS) is 12.5. The Kier molecular flexibility index (Phi) is 7.51. The zero-order valence-electron chi connectivity index (χ0n) is 19.2. The molecule has 1 atom stereocenters. The summed E-state index contributed by atoms with van der Waals surface area (Å²) in [5.41, 5.74) is 2.41. The summed E-state index contributed by atoms with van der Waals surface area (Å²) in [5, 5.41) is 2.75. The summed E-state index contributed by atoms with van der Waals surface area (Å²) in [4.78, 5) is 7.46. The quantitative estimate of drug-likeness (QED) is 0.305.